The lowest BCUT2D eigenvalue weighted by molar-refractivity contribution is -0.149. The van der Waals surface area contributed by atoms with E-state index in [1.807, 2.05) is 24.3 Å². The predicted molar refractivity (Wildman–Crippen MR) is 152 cm³/mol. The fraction of sp³-hybridized carbons (Fsp3) is 0.345. The Morgan fingerprint density at radius 1 is 0.976 bits per heavy atom. The highest BCUT2D eigenvalue weighted by Gasteiger charge is 2.38. The second-order valence-corrected chi connectivity index (χ2v) is 10.2. The van der Waals surface area contributed by atoms with Crippen LogP contribution >= 0.6 is 0 Å². The molecule has 4 amide bonds. The number of amides is 4. The Morgan fingerprint density at radius 2 is 1.69 bits per heavy atom. The van der Waals surface area contributed by atoms with Crippen LogP contribution in [0.15, 0.2) is 54.7 Å². The Morgan fingerprint density at radius 3 is 2.43 bits per heavy atom. The first kappa shape index (κ1) is 30.1. The number of H-pyrrole nitrogens is 1. The van der Waals surface area contributed by atoms with Gasteiger partial charge < -0.3 is 41.8 Å². The van der Waals surface area contributed by atoms with Gasteiger partial charge in [-0.2, -0.15) is 0 Å². The Balaban J connectivity index is 1.32. The second-order valence-electron chi connectivity index (χ2n) is 10.2. The molecular weight excluding hydrogens is 544 g/mol. The molecular formula is C29H34N6O7. The van der Waals surface area contributed by atoms with Gasteiger partial charge in [0, 0.05) is 30.1 Å². The predicted octanol–water partition coefficient (Wildman–Crippen LogP) is -0.221. The van der Waals surface area contributed by atoms with Crippen molar-refractivity contribution in [2.75, 3.05) is 19.6 Å². The number of benzene rings is 2. The van der Waals surface area contributed by atoms with Gasteiger partial charge in [0.1, 0.15) is 17.8 Å². The van der Waals surface area contributed by atoms with Gasteiger partial charge in [-0.25, -0.2) is 4.79 Å². The summed E-state index contributed by atoms with van der Waals surface area (Å²) in [6.45, 7) is -0.614. The van der Waals surface area contributed by atoms with Gasteiger partial charge >= 0.3 is 5.97 Å². The molecule has 1 fully saturated rings. The number of aromatic amines is 1. The van der Waals surface area contributed by atoms with Crippen molar-refractivity contribution in [3.63, 3.8) is 0 Å². The lowest BCUT2D eigenvalue weighted by Crippen LogP contribution is -2.54. The van der Waals surface area contributed by atoms with Crippen LogP contribution in [0.2, 0.25) is 0 Å². The number of carboxylic acids is 1. The average molecular weight is 579 g/mol. The van der Waals surface area contributed by atoms with E-state index >= 15 is 0 Å². The molecule has 0 spiro atoms. The molecule has 0 aliphatic carbocycles. The van der Waals surface area contributed by atoms with Crippen molar-refractivity contribution in [3.05, 3.63) is 65.9 Å². The van der Waals surface area contributed by atoms with Gasteiger partial charge in [0.15, 0.2) is 0 Å². The zero-order chi connectivity index (χ0) is 30.2. The van der Waals surface area contributed by atoms with E-state index in [0.717, 1.165) is 22.0 Å². The third-order valence-electron chi connectivity index (χ3n) is 7.15. The molecule has 1 aliphatic rings. The van der Waals surface area contributed by atoms with Gasteiger partial charge in [-0.1, -0.05) is 30.3 Å². The molecule has 8 N–H and O–H groups in total. The lowest BCUT2D eigenvalue weighted by Gasteiger charge is -2.27. The third kappa shape index (κ3) is 7.63. The van der Waals surface area contributed by atoms with Crippen LogP contribution in [0.5, 0.6) is 5.75 Å². The van der Waals surface area contributed by atoms with Crippen LogP contribution in [0.3, 0.4) is 0 Å². The minimum absolute atomic E-state index is 0.0895. The maximum absolute atomic E-state index is 13.5. The number of phenols is 1. The largest absolute Gasteiger partial charge is 0.508 e. The van der Waals surface area contributed by atoms with Gasteiger partial charge in [-0.15, -0.1) is 0 Å². The van der Waals surface area contributed by atoms with E-state index in [1.54, 1.807) is 18.3 Å². The highest BCUT2D eigenvalue weighted by molar-refractivity contribution is 5.94. The van der Waals surface area contributed by atoms with Crippen LogP contribution in [-0.4, -0.2) is 87.5 Å². The van der Waals surface area contributed by atoms with Gasteiger partial charge in [0.05, 0.1) is 19.1 Å². The number of hydrogen-bond donors (Lipinski definition) is 7. The highest BCUT2D eigenvalue weighted by Crippen LogP contribution is 2.22. The molecule has 2 heterocycles. The van der Waals surface area contributed by atoms with Gasteiger partial charge in [0.25, 0.3) is 0 Å². The first-order valence-electron chi connectivity index (χ1n) is 13.6. The van der Waals surface area contributed by atoms with Crippen LogP contribution in [0, 0.1) is 0 Å². The number of phenolic OH excluding ortho intramolecular Hbond substituents is 1. The van der Waals surface area contributed by atoms with E-state index in [2.05, 4.69) is 20.9 Å². The molecule has 0 bridgehead atoms. The van der Waals surface area contributed by atoms with E-state index in [0.29, 0.717) is 12.8 Å². The molecule has 0 radical (unpaired) electrons. The fourth-order valence-corrected chi connectivity index (χ4v) is 4.97. The van der Waals surface area contributed by atoms with Gasteiger partial charge in [0.2, 0.25) is 23.6 Å². The third-order valence-corrected chi connectivity index (χ3v) is 7.15. The van der Waals surface area contributed by atoms with Crippen LogP contribution in [-0.2, 0) is 36.8 Å². The van der Waals surface area contributed by atoms with E-state index in [4.69, 9.17) is 5.73 Å². The fourth-order valence-electron chi connectivity index (χ4n) is 4.97. The molecule has 222 valence electrons. The normalized spacial score (nSPS) is 16.0. The summed E-state index contributed by atoms with van der Waals surface area (Å²) in [7, 11) is 0. The maximum atomic E-state index is 13.5. The summed E-state index contributed by atoms with van der Waals surface area (Å²) in [6, 6.07) is 10.7. The molecule has 13 nitrogen and oxygen atoms in total. The molecule has 13 heteroatoms. The molecule has 3 atom stereocenters. The van der Waals surface area contributed by atoms with E-state index in [9.17, 15) is 34.2 Å². The topological polar surface area (TPSA) is 207 Å². The molecule has 1 aromatic heterocycles. The molecule has 1 aliphatic heterocycles. The average Bonchev–Trinajstić information content (AvgIpc) is 3.63. The molecule has 0 unspecified atom stereocenters. The number of para-hydroxylation sites is 1. The van der Waals surface area contributed by atoms with E-state index in [-0.39, 0.29) is 25.1 Å². The number of likely N-dealkylation sites (tertiary alicyclic amines) is 1. The van der Waals surface area contributed by atoms with Crippen molar-refractivity contribution in [1.29, 1.82) is 0 Å². The number of carboxylic acid groups (broad SMARTS) is 1. The van der Waals surface area contributed by atoms with E-state index in [1.165, 1.54) is 17.0 Å². The van der Waals surface area contributed by atoms with Crippen molar-refractivity contribution < 1.29 is 34.2 Å². The summed E-state index contributed by atoms with van der Waals surface area (Å²) in [5, 5.41) is 27.3. The maximum Gasteiger partial charge on any atom is 0.326 e. The summed E-state index contributed by atoms with van der Waals surface area (Å²) in [4.78, 5) is 67.0. The van der Waals surface area contributed by atoms with E-state index < -0.39 is 60.8 Å². The minimum Gasteiger partial charge on any atom is -0.508 e. The smallest absolute Gasteiger partial charge is 0.326 e. The summed E-state index contributed by atoms with van der Waals surface area (Å²) in [5.41, 5.74) is 8.26. The summed E-state index contributed by atoms with van der Waals surface area (Å²) >= 11 is 0. The van der Waals surface area contributed by atoms with Gasteiger partial charge in [-0.05, 0) is 48.6 Å². The number of aliphatic carboxylic acids is 1. The number of hydrogen-bond acceptors (Lipinski definition) is 7. The number of rotatable bonds is 12. The van der Waals surface area contributed by atoms with Crippen molar-refractivity contribution in [2.24, 2.45) is 5.73 Å². The molecule has 0 saturated carbocycles. The molecule has 2 aromatic carbocycles. The minimum atomic E-state index is -1.10. The first-order valence-corrected chi connectivity index (χ1v) is 13.6. The first-order chi connectivity index (χ1) is 20.1. The number of nitrogens with zero attached hydrogens (tertiary/aromatic N) is 1. The number of carbonyl (C=O) groups excluding carboxylic acids is 4. The Hall–Kier alpha value is -4.91. The van der Waals surface area contributed by atoms with Gasteiger partial charge in [-0.3, -0.25) is 19.2 Å². The van der Waals surface area contributed by atoms with Crippen LogP contribution < -0.4 is 21.7 Å². The Labute approximate surface area is 241 Å². The quantitative estimate of drug-likeness (QED) is 0.152. The zero-order valence-electron chi connectivity index (χ0n) is 22.8. The number of fused-ring (bicyclic) bond motifs is 1. The van der Waals surface area contributed by atoms with Crippen molar-refractivity contribution in [1.82, 2.24) is 25.8 Å². The number of carbonyl (C=O) groups is 5. The monoisotopic (exact) mass is 578 g/mol. The molecule has 4 rings (SSSR count). The van der Waals surface area contributed by atoms with Crippen molar-refractivity contribution in [2.45, 2.75) is 43.8 Å². The summed E-state index contributed by atoms with van der Waals surface area (Å²) in [6.07, 6.45) is 2.92. The molecule has 42 heavy (non-hydrogen) atoms. The SMILES string of the molecule is N[C@@H](Cc1ccc(O)cc1)C(=O)NCC(=O)NCC(=O)N[C@H](Cc1c[nH]c2ccccc12)C(=O)N1CCC[C@@H]1C(=O)O. The lowest BCUT2D eigenvalue weighted by atomic mass is 10.0. The molecule has 1 saturated heterocycles. The number of aromatic nitrogens is 1. The Bertz CT molecular complexity index is 1450. The van der Waals surface area contributed by atoms with Crippen LogP contribution in [0.1, 0.15) is 24.0 Å². The summed E-state index contributed by atoms with van der Waals surface area (Å²) in [5.74, 6) is -3.38. The highest BCUT2D eigenvalue weighted by atomic mass is 16.4. The zero-order valence-corrected chi connectivity index (χ0v) is 22.8. The Kier molecular flexibility index (Phi) is 9.76. The van der Waals surface area contributed by atoms with Crippen LogP contribution in [0.25, 0.3) is 10.9 Å². The van der Waals surface area contributed by atoms with Crippen molar-refractivity contribution >= 4 is 40.5 Å². The summed E-state index contributed by atoms with van der Waals surface area (Å²) < 4.78 is 0. The number of nitrogens with one attached hydrogen (secondary N) is 4. The number of nitrogens with two attached hydrogens (primary N) is 1. The number of aromatic hydroxyl groups is 1. The second kappa shape index (κ2) is 13.6. The standard InChI is InChI=1S/C29H34N6O7/c30-21(12-17-7-9-19(36)10-8-17)27(39)33-15-25(37)32-16-26(38)34-23(28(40)35-11-3-6-24(35)29(41)42)13-18-14-31-22-5-2-1-4-20(18)22/h1-2,4-5,7-10,14,21,23-24,31,36H,3,6,11-13,15-16,30H2,(H,32,37)(H,33,39)(H,34,38)(H,41,42)/t21-,23+,24+/m0/s1. The molecule has 3 aromatic rings. The van der Waals surface area contributed by atoms with Crippen molar-refractivity contribution in [3.8, 4) is 5.75 Å². The van der Waals surface area contributed by atoms with Crippen LogP contribution in [0.4, 0.5) is 0 Å².